The van der Waals surface area contributed by atoms with Gasteiger partial charge in [-0.1, -0.05) is 157 Å². The molecule has 0 aliphatic rings. The minimum atomic E-state index is -0.110. The van der Waals surface area contributed by atoms with Crippen molar-refractivity contribution in [3.63, 3.8) is 0 Å². The first-order valence-electron chi connectivity index (χ1n) is 20.7. The summed E-state index contributed by atoms with van der Waals surface area (Å²) in [4.78, 5) is 0. The van der Waals surface area contributed by atoms with E-state index in [0.29, 0.717) is 4.48 Å². The van der Waals surface area contributed by atoms with Crippen molar-refractivity contribution in [3.8, 4) is 23.0 Å². The Kier molecular flexibility index (Phi) is 12.3. The Balaban J connectivity index is 0.000000180. The summed E-state index contributed by atoms with van der Waals surface area (Å²) < 4.78 is 0.558. The van der Waals surface area contributed by atoms with E-state index in [1.54, 1.807) is 48.5 Å². The highest BCUT2D eigenvalue weighted by molar-refractivity contribution is 5.81. The first-order valence-corrected chi connectivity index (χ1v) is 20.7. The van der Waals surface area contributed by atoms with Gasteiger partial charge in [0.2, 0.25) is 0 Å². The lowest BCUT2D eigenvalue weighted by Gasteiger charge is -2.37. The number of aryl methyl sites for hydroxylation is 1. The van der Waals surface area contributed by atoms with E-state index in [1.165, 1.54) is 28.3 Å². The number of aromatic hydroxyl groups is 3. The highest BCUT2D eigenvalue weighted by atomic mass is 16.3. The molecule has 5 heteroatoms. The predicted octanol–water partition coefficient (Wildman–Crippen LogP) is 13.5. The maximum Gasteiger partial charge on any atom is 0.148 e. The molecule has 0 spiro atoms. The van der Waals surface area contributed by atoms with Crippen molar-refractivity contribution in [2.45, 2.75) is 18.8 Å². The normalized spacial score (nSPS) is 11.6. The van der Waals surface area contributed by atoms with Crippen LogP contribution in [-0.4, -0.2) is 15.3 Å². The molecule has 62 heavy (non-hydrogen) atoms. The van der Waals surface area contributed by atoms with Gasteiger partial charge >= 0.3 is 0 Å². The second kappa shape index (κ2) is 18.6. The Morgan fingerprint density at radius 2 is 0.548 bits per heavy atom. The fourth-order valence-corrected chi connectivity index (χ4v) is 8.31. The molecule has 0 aliphatic carbocycles. The fraction of sp³-hybridized carbons (Fsp3) is 0.0526. The van der Waals surface area contributed by atoms with Crippen molar-refractivity contribution in [1.82, 2.24) is 4.48 Å². The summed E-state index contributed by atoms with van der Waals surface area (Å²) in [6.45, 7) is 2.13. The van der Waals surface area contributed by atoms with Crippen LogP contribution in [0.3, 0.4) is 0 Å². The summed E-state index contributed by atoms with van der Waals surface area (Å²) >= 11 is 0. The van der Waals surface area contributed by atoms with Crippen molar-refractivity contribution >= 4 is 22.7 Å². The standard InChI is InChI=1S/C32H26O4.C25H22N/c33-27-13-5-23(6-14-27)31(24-7-15-28(34)16-8-24)21-1-2-22(4-3-21)32(25-9-17-29(35)18-10-25)26-11-19-30(36)20-12-26;1-21-17-19-25(20-18-21)26(22-11-5-2-6-12-22,23-13-7-3-8-14-23)24-15-9-4-10-16-24/h1-20,31-36H;2-20H,1H3/q;+1/p-1. The van der Waals surface area contributed by atoms with Gasteiger partial charge in [0.05, 0.1) is 0 Å². The van der Waals surface area contributed by atoms with Gasteiger partial charge in [0, 0.05) is 60.4 Å². The third kappa shape index (κ3) is 8.85. The van der Waals surface area contributed by atoms with E-state index in [-0.39, 0.29) is 34.8 Å². The van der Waals surface area contributed by atoms with Crippen molar-refractivity contribution in [2.75, 3.05) is 0 Å². The number of rotatable bonds is 10. The van der Waals surface area contributed by atoms with Crippen LogP contribution in [0, 0.1) is 6.92 Å². The van der Waals surface area contributed by atoms with Gasteiger partial charge in [0.1, 0.15) is 40.0 Å². The number of phenolic OH excluding ortho intramolecular Hbond substituents is 3. The van der Waals surface area contributed by atoms with E-state index in [9.17, 15) is 20.4 Å². The molecule has 0 saturated heterocycles. The van der Waals surface area contributed by atoms with Crippen LogP contribution < -0.4 is 9.59 Å². The Morgan fingerprint density at radius 1 is 0.306 bits per heavy atom. The van der Waals surface area contributed by atoms with Crippen molar-refractivity contribution in [2.24, 2.45) is 0 Å². The topological polar surface area (TPSA) is 83.8 Å². The largest absolute Gasteiger partial charge is 0.872 e. The number of nitrogens with zero attached hydrogens (tertiary/aromatic N) is 1. The molecular weight excluding hydrogens is 763 g/mol. The minimum absolute atomic E-state index is 0.0378. The van der Waals surface area contributed by atoms with E-state index in [0.717, 1.165) is 33.4 Å². The lowest BCUT2D eigenvalue weighted by atomic mass is 9.81. The van der Waals surface area contributed by atoms with E-state index >= 15 is 0 Å². The van der Waals surface area contributed by atoms with Crippen LogP contribution in [0.4, 0.5) is 22.7 Å². The van der Waals surface area contributed by atoms with Crippen molar-refractivity contribution in [3.05, 3.63) is 276 Å². The van der Waals surface area contributed by atoms with Crippen LogP contribution in [0.5, 0.6) is 23.0 Å². The lowest BCUT2D eigenvalue weighted by Crippen LogP contribution is -2.33. The van der Waals surface area contributed by atoms with Crippen LogP contribution in [-0.2, 0) is 0 Å². The second-order valence-corrected chi connectivity index (χ2v) is 15.4. The first-order chi connectivity index (χ1) is 30.3. The van der Waals surface area contributed by atoms with Gasteiger partial charge in [0.25, 0.3) is 0 Å². The molecule has 1 atom stereocenters. The molecule has 9 rings (SSSR count). The molecule has 3 N–H and O–H groups in total. The molecule has 0 radical (unpaired) electrons. The van der Waals surface area contributed by atoms with Crippen LogP contribution in [0.25, 0.3) is 0 Å². The maximum atomic E-state index is 11.7. The molecule has 1 unspecified atom stereocenters. The summed E-state index contributed by atoms with van der Waals surface area (Å²) in [6.07, 6.45) is 0. The molecule has 5 nitrogen and oxygen atoms in total. The molecular formula is C57H47NO4. The number of benzene rings is 9. The fourth-order valence-electron chi connectivity index (χ4n) is 8.31. The van der Waals surface area contributed by atoms with Gasteiger partial charge in [-0.3, -0.25) is 0 Å². The van der Waals surface area contributed by atoms with Gasteiger partial charge in [-0.15, -0.1) is 5.75 Å². The van der Waals surface area contributed by atoms with Crippen LogP contribution in [0.15, 0.2) is 237 Å². The van der Waals surface area contributed by atoms with Gasteiger partial charge in [-0.2, -0.15) is 4.48 Å². The summed E-state index contributed by atoms with van der Waals surface area (Å²) in [6, 6.07) is 77.7. The zero-order valence-corrected chi connectivity index (χ0v) is 34.4. The molecule has 304 valence electrons. The number of quaternary nitrogens is 1. The molecule has 0 fully saturated rings. The Hall–Kier alpha value is -7.86. The number of hydrogen-bond acceptors (Lipinski definition) is 4. The zero-order valence-electron chi connectivity index (χ0n) is 34.4. The lowest BCUT2D eigenvalue weighted by molar-refractivity contribution is -0.268. The summed E-state index contributed by atoms with van der Waals surface area (Å²) in [5, 5.41) is 41.1. The van der Waals surface area contributed by atoms with Gasteiger partial charge in [0.15, 0.2) is 0 Å². The molecule has 0 aliphatic heterocycles. The SMILES string of the molecule is Cc1ccc([N+](c2ccccc2)(c2ccccc2)c2ccccc2)cc1.[O-]c1ccc(C(c2ccc(O)cc2)c2ccc(C(c3ccc(O)cc3)c3ccc(O)cc3)cc2)cc1. The highest BCUT2D eigenvalue weighted by Crippen LogP contribution is 2.51. The average Bonchev–Trinajstić information content (AvgIpc) is 3.32. The third-order valence-corrected chi connectivity index (χ3v) is 11.3. The molecule has 0 saturated carbocycles. The van der Waals surface area contributed by atoms with Gasteiger partial charge in [-0.25, -0.2) is 0 Å². The summed E-state index contributed by atoms with van der Waals surface area (Å²) in [5.74, 6) is 0.379. The first kappa shape index (κ1) is 40.9. The van der Waals surface area contributed by atoms with Crippen LogP contribution in [0.2, 0.25) is 0 Å². The van der Waals surface area contributed by atoms with Crippen LogP contribution in [0.1, 0.15) is 50.8 Å². The smallest absolute Gasteiger partial charge is 0.148 e. The molecule has 0 heterocycles. The average molecular weight is 810 g/mol. The predicted molar refractivity (Wildman–Crippen MR) is 250 cm³/mol. The third-order valence-electron chi connectivity index (χ3n) is 11.3. The maximum absolute atomic E-state index is 11.7. The Labute approximate surface area is 363 Å². The van der Waals surface area contributed by atoms with E-state index in [2.05, 4.69) is 146 Å². The molecule has 0 aromatic heterocycles. The number of phenols is 3. The van der Waals surface area contributed by atoms with Crippen molar-refractivity contribution < 1.29 is 20.4 Å². The van der Waals surface area contributed by atoms with Crippen molar-refractivity contribution in [1.29, 1.82) is 0 Å². The number of para-hydroxylation sites is 3. The zero-order chi connectivity index (χ0) is 42.9. The molecule has 0 amide bonds. The Bertz CT molecular complexity index is 2470. The van der Waals surface area contributed by atoms with Crippen LogP contribution >= 0.6 is 0 Å². The Morgan fingerprint density at radius 3 is 0.839 bits per heavy atom. The van der Waals surface area contributed by atoms with E-state index in [4.69, 9.17) is 0 Å². The molecule has 9 aromatic rings. The van der Waals surface area contributed by atoms with Gasteiger partial charge < -0.3 is 20.4 Å². The molecule has 9 aromatic carbocycles. The quantitative estimate of drug-likeness (QED) is 0.0949. The monoisotopic (exact) mass is 809 g/mol. The van der Waals surface area contributed by atoms with E-state index in [1.807, 2.05) is 48.5 Å². The molecule has 0 bridgehead atoms. The second-order valence-electron chi connectivity index (χ2n) is 15.4. The van der Waals surface area contributed by atoms with Gasteiger partial charge in [-0.05, 0) is 76.7 Å². The van der Waals surface area contributed by atoms with E-state index < -0.39 is 0 Å². The number of hydrogen-bond donors (Lipinski definition) is 3. The summed E-state index contributed by atoms with van der Waals surface area (Å²) in [5.41, 5.74) is 12.3. The highest BCUT2D eigenvalue weighted by Gasteiger charge is 2.38. The summed E-state index contributed by atoms with van der Waals surface area (Å²) in [7, 11) is 0. The minimum Gasteiger partial charge on any atom is -0.872 e.